The molecular weight excluding hydrogens is 240 g/mol. The van der Waals surface area contributed by atoms with E-state index in [0.29, 0.717) is 0 Å². The average molecular weight is 264 g/mol. The van der Waals surface area contributed by atoms with Crippen LogP contribution in [0, 0.1) is 0 Å². The maximum atomic E-state index is 5.82. The van der Waals surface area contributed by atoms with Gasteiger partial charge in [0.25, 0.3) is 0 Å². The minimum absolute atomic E-state index is 0.234. The maximum Gasteiger partial charge on any atom is 0.0765 e. The lowest BCUT2D eigenvalue weighted by Crippen LogP contribution is -2.29. The van der Waals surface area contributed by atoms with Crippen molar-refractivity contribution in [3.63, 3.8) is 0 Å². The highest BCUT2D eigenvalue weighted by Gasteiger charge is 2.19. The molecule has 1 aromatic rings. The molecule has 3 N–H and O–H groups in total. The highest BCUT2D eigenvalue weighted by molar-refractivity contribution is 7.10. The van der Waals surface area contributed by atoms with Gasteiger partial charge in [-0.2, -0.15) is 0 Å². The van der Waals surface area contributed by atoms with Gasteiger partial charge in [0.05, 0.1) is 6.04 Å². The van der Waals surface area contributed by atoms with Gasteiger partial charge < -0.3 is 0 Å². The first kappa shape index (κ1) is 13.8. The summed E-state index contributed by atoms with van der Waals surface area (Å²) in [7, 11) is 0. The summed E-state index contributed by atoms with van der Waals surface area (Å²) in [4.78, 5) is 1.41. The van der Waals surface area contributed by atoms with E-state index in [9.17, 15) is 0 Å². The Morgan fingerprint density at radius 3 is 2.94 bits per heavy atom. The van der Waals surface area contributed by atoms with Crippen molar-refractivity contribution in [2.75, 3.05) is 0 Å². The first-order valence-electron chi connectivity index (χ1n) is 7.08. The van der Waals surface area contributed by atoms with Crippen LogP contribution in [0.15, 0.2) is 23.1 Å². The van der Waals surface area contributed by atoms with E-state index in [-0.39, 0.29) is 6.04 Å². The van der Waals surface area contributed by atoms with Gasteiger partial charge in [0.15, 0.2) is 0 Å². The number of hydrogen-bond donors (Lipinski definition) is 2. The zero-order valence-corrected chi connectivity index (χ0v) is 12.1. The number of nitrogens with one attached hydrogen (secondary N) is 1. The number of hydrogen-bond acceptors (Lipinski definition) is 3. The molecule has 18 heavy (non-hydrogen) atoms. The molecule has 0 radical (unpaired) electrons. The lowest BCUT2D eigenvalue weighted by Gasteiger charge is -2.21. The molecule has 100 valence electrons. The van der Waals surface area contributed by atoms with Gasteiger partial charge in [-0.05, 0) is 49.1 Å². The molecule has 0 saturated heterocycles. The Balaban J connectivity index is 2.21. The molecule has 1 atom stereocenters. The minimum Gasteiger partial charge on any atom is -0.271 e. The smallest absolute Gasteiger partial charge is 0.0765 e. The van der Waals surface area contributed by atoms with Crippen LogP contribution in [-0.4, -0.2) is 0 Å². The van der Waals surface area contributed by atoms with E-state index < -0.39 is 0 Å². The van der Waals surface area contributed by atoms with E-state index in [0.717, 1.165) is 6.42 Å². The fourth-order valence-electron chi connectivity index (χ4n) is 2.72. The van der Waals surface area contributed by atoms with Gasteiger partial charge in [-0.25, -0.2) is 5.43 Å². The molecule has 0 spiro atoms. The van der Waals surface area contributed by atoms with Crippen LogP contribution in [0.4, 0.5) is 0 Å². The molecule has 0 aromatic carbocycles. The third kappa shape index (κ3) is 3.22. The van der Waals surface area contributed by atoms with E-state index >= 15 is 0 Å². The molecule has 0 amide bonds. The molecule has 0 aliphatic heterocycles. The van der Waals surface area contributed by atoms with Crippen LogP contribution in [0.2, 0.25) is 0 Å². The standard InChI is InChI=1S/C15H24N2S/c1-2-12-10-11-18-15(12)14(17-16)13-8-6-4-3-5-7-9-13/h8,10-11,14,17H,2-7,9,16H2,1H3/b13-8+. The molecular formula is C15H24N2S. The summed E-state index contributed by atoms with van der Waals surface area (Å²) < 4.78 is 0. The van der Waals surface area contributed by atoms with Crippen LogP contribution in [-0.2, 0) is 6.42 Å². The third-order valence-electron chi connectivity index (χ3n) is 3.79. The first-order valence-corrected chi connectivity index (χ1v) is 7.96. The minimum atomic E-state index is 0.234. The van der Waals surface area contributed by atoms with Crippen molar-refractivity contribution >= 4 is 11.3 Å². The monoisotopic (exact) mass is 264 g/mol. The topological polar surface area (TPSA) is 38.0 Å². The molecule has 1 aromatic heterocycles. The number of hydrazine groups is 1. The van der Waals surface area contributed by atoms with E-state index in [1.165, 1.54) is 54.5 Å². The molecule has 1 heterocycles. The molecule has 3 heteroatoms. The van der Waals surface area contributed by atoms with Gasteiger partial charge in [0, 0.05) is 4.88 Å². The lowest BCUT2D eigenvalue weighted by atomic mass is 9.93. The summed E-state index contributed by atoms with van der Waals surface area (Å²) in [6.07, 6.45) is 11.3. The van der Waals surface area contributed by atoms with Gasteiger partial charge in [-0.1, -0.05) is 31.4 Å². The molecule has 2 nitrogen and oxygen atoms in total. The summed E-state index contributed by atoms with van der Waals surface area (Å²) in [6.45, 7) is 2.21. The molecule has 0 fully saturated rings. The van der Waals surface area contributed by atoms with Crippen molar-refractivity contribution in [1.29, 1.82) is 0 Å². The van der Waals surface area contributed by atoms with E-state index in [4.69, 9.17) is 5.84 Å². The summed E-state index contributed by atoms with van der Waals surface area (Å²) in [5.74, 6) is 5.82. The van der Waals surface area contributed by atoms with Crippen LogP contribution in [0.3, 0.4) is 0 Å². The Bertz CT molecular complexity index is 395. The zero-order chi connectivity index (χ0) is 12.8. The van der Waals surface area contributed by atoms with Crippen molar-refractivity contribution < 1.29 is 0 Å². The summed E-state index contributed by atoms with van der Waals surface area (Å²) in [5.41, 5.74) is 5.97. The molecule has 1 aliphatic rings. The second-order valence-electron chi connectivity index (χ2n) is 5.00. The Hall–Kier alpha value is -0.640. The third-order valence-corrected chi connectivity index (χ3v) is 4.81. The van der Waals surface area contributed by atoms with E-state index in [1.54, 1.807) is 0 Å². The van der Waals surface area contributed by atoms with E-state index in [1.807, 2.05) is 11.3 Å². The molecule has 2 rings (SSSR count). The SMILES string of the molecule is CCc1ccsc1C(NN)/C1=C/CCCCCC1. The summed E-state index contributed by atoms with van der Waals surface area (Å²) >= 11 is 1.83. The highest BCUT2D eigenvalue weighted by Crippen LogP contribution is 2.33. The Morgan fingerprint density at radius 2 is 2.17 bits per heavy atom. The number of thiophene rings is 1. The maximum absolute atomic E-state index is 5.82. The Labute approximate surface area is 114 Å². The van der Waals surface area contributed by atoms with Gasteiger partial charge in [0.1, 0.15) is 0 Å². The highest BCUT2D eigenvalue weighted by atomic mass is 32.1. The first-order chi connectivity index (χ1) is 8.86. The number of allylic oxidation sites excluding steroid dienone is 1. The normalized spacial score (nSPS) is 21.8. The predicted molar refractivity (Wildman–Crippen MR) is 79.5 cm³/mol. The summed E-state index contributed by atoms with van der Waals surface area (Å²) in [6, 6.07) is 2.46. The van der Waals surface area contributed by atoms with Crippen LogP contribution < -0.4 is 11.3 Å². The molecule has 1 aliphatic carbocycles. The van der Waals surface area contributed by atoms with Crippen molar-refractivity contribution in [3.05, 3.63) is 33.5 Å². The number of rotatable bonds is 4. The van der Waals surface area contributed by atoms with E-state index in [2.05, 4.69) is 29.9 Å². The second kappa shape index (κ2) is 7.07. The number of nitrogens with two attached hydrogens (primary N) is 1. The Kier molecular flexibility index (Phi) is 5.42. The van der Waals surface area contributed by atoms with Gasteiger partial charge >= 0.3 is 0 Å². The van der Waals surface area contributed by atoms with Crippen LogP contribution in [0.25, 0.3) is 0 Å². The Morgan fingerprint density at radius 1 is 1.33 bits per heavy atom. The molecule has 1 unspecified atom stereocenters. The van der Waals surface area contributed by atoms with Gasteiger partial charge in [-0.15, -0.1) is 11.3 Å². The molecule has 0 saturated carbocycles. The largest absolute Gasteiger partial charge is 0.271 e. The van der Waals surface area contributed by atoms with Crippen LogP contribution >= 0.6 is 11.3 Å². The van der Waals surface area contributed by atoms with Crippen molar-refractivity contribution in [2.45, 2.75) is 57.9 Å². The van der Waals surface area contributed by atoms with Crippen molar-refractivity contribution in [3.8, 4) is 0 Å². The fourth-order valence-corrected chi connectivity index (χ4v) is 3.82. The van der Waals surface area contributed by atoms with Crippen molar-refractivity contribution in [2.24, 2.45) is 5.84 Å². The average Bonchev–Trinajstić information content (AvgIpc) is 2.80. The summed E-state index contributed by atoms with van der Waals surface area (Å²) in [5, 5.41) is 2.18. The second-order valence-corrected chi connectivity index (χ2v) is 5.94. The zero-order valence-electron chi connectivity index (χ0n) is 11.2. The quantitative estimate of drug-likeness (QED) is 0.488. The predicted octanol–water partition coefficient (Wildman–Crippen LogP) is 4.10. The lowest BCUT2D eigenvalue weighted by molar-refractivity contribution is 0.558. The fraction of sp³-hybridized carbons (Fsp3) is 0.600. The van der Waals surface area contributed by atoms with Crippen molar-refractivity contribution in [1.82, 2.24) is 5.43 Å². The molecule has 0 bridgehead atoms. The van der Waals surface area contributed by atoms with Crippen LogP contribution in [0.5, 0.6) is 0 Å². The number of aryl methyl sites for hydroxylation is 1. The van der Waals surface area contributed by atoms with Gasteiger partial charge in [-0.3, -0.25) is 5.84 Å². The van der Waals surface area contributed by atoms with Gasteiger partial charge in [0.2, 0.25) is 0 Å². The van der Waals surface area contributed by atoms with Crippen LogP contribution in [0.1, 0.15) is 61.9 Å².